The number of halogens is 3. The van der Waals surface area contributed by atoms with E-state index >= 15 is 0 Å². The van der Waals surface area contributed by atoms with Crippen LogP contribution in [0.2, 0.25) is 0 Å². The molecule has 0 aliphatic carbocycles. The number of carbonyl (C=O) groups excluding carboxylic acids is 1. The summed E-state index contributed by atoms with van der Waals surface area (Å²) in [6, 6.07) is 10.4. The first kappa shape index (κ1) is 26.8. The molecule has 2 saturated heterocycles. The standard InChI is InChI=1S/C27H33F3N2O3S/c1-27(2,3)36(34)31-25(14-18-13-23(29)24(30)15-22(18)28)19-11-20-9-10-21(12-19)32(20)26(33)35-16-17-7-5-4-6-8-17/h4-8,13,15,19-21,25,31H,9-12,14,16H2,1-3H3/t19?,20?,21?,25-,36+/m1/s1. The number of piperidine rings is 1. The highest BCUT2D eigenvalue weighted by Crippen LogP contribution is 2.41. The second-order valence-corrected chi connectivity index (χ2v) is 12.7. The summed E-state index contributed by atoms with van der Waals surface area (Å²) in [6.45, 7) is 5.70. The molecular weight excluding hydrogens is 489 g/mol. The number of hydrogen-bond acceptors (Lipinski definition) is 4. The molecule has 2 fully saturated rings. The van der Waals surface area contributed by atoms with E-state index in [4.69, 9.17) is 4.74 Å². The fraction of sp³-hybridized carbons (Fsp3) is 0.519. The molecule has 0 spiro atoms. The Labute approximate surface area is 213 Å². The summed E-state index contributed by atoms with van der Waals surface area (Å²) < 4.78 is 63.0. The minimum absolute atomic E-state index is 0.0283. The van der Waals surface area contributed by atoms with Crippen LogP contribution in [-0.4, -0.2) is 38.4 Å². The number of carbonyl (C=O) groups is 1. The predicted octanol–water partition coefficient (Wildman–Crippen LogP) is 5.65. The monoisotopic (exact) mass is 522 g/mol. The SMILES string of the molecule is CC(C)(C)[S@+]([O-])N[C@H](Cc1cc(F)c(F)cc1F)C1CC2CCC(C1)N2C(=O)OCc1ccccc1. The maximum Gasteiger partial charge on any atom is 0.410 e. The Bertz CT molecular complexity index is 1050. The number of rotatable bonds is 7. The summed E-state index contributed by atoms with van der Waals surface area (Å²) in [5.74, 6) is -3.20. The van der Waals surface area contributed by atoms with Crippen molar-refractivity contribution in [2.24, 2.45) is 5.92 Å². The van der Waals surface area contributed by atoms with Crippen LogP contribution in [-0.2, 0) is 29.1 Å². The third-order valence-corrected chi connectivity index (χ3v) is 8.73. The molecular formula is C27H33F3N2O3S. The topological polar surface area (TPSA) is 64.6 Å². The van der Waals surface area contributed by atoms with Crippen LogP contribution in [0.15, 0.2) is 42.5 Å². The first-order chi connectivity index (χ1) is 17.0. The van der Waals surface area contributed by atoms with Crippen LogP contribution in [0.1, 0.15) is 57.6 Å². The molecule has 0 aromatic heterocycles. The van der Waals surface area contributed by atoms with E-state index < -0.39 is 39.6 Å². The summed E-state index contributed by atoms with van der Waals surface area (Å²) in [7, 11) is 0. The molecule has 2 aromatic carbocycles. The molecule has 0 radical (unpaired) electrons. The molecule has 2 heterocycles. The molecule has 2 aromatic rings. The van der Waals surface area contributed by atoms with E-state index in [-0.39, 0.29) is 42.7 Å². The van der Waals surface area contributed by atoms with Crippen molar-refractivity contribution in [3.8, 4) is 0 Å². The number of fused-ring (bicyclic) bond motifs is 2. The van der Waals surface area contributed by atoms with Crippen molar-refractivity contribution < 1.29 is 27.3 Å². The van der Waals surface area contributed by atoms with Crippen molar-refractivity contribution in [1.29, 1.82) is 0 Å². The van der Waals surface area contributed by atoms with E-state index in [1.807, 2.05) is 56.0 Å². The second-order valence-electron chi connectivity index (χ2n) is 10.7. The van der Waals surface area contributed by atoms with E-state index in [2.05, 4.69) is 4.72 Å². The molecule has 2 aliphatic heterocycles. The van der Waals surface area contributed by atoms with Crippen molar-refractivity contribution >= 4 is 17.5 Å². The highest BCUT2D eigenvalue weighted by molar-refractivity contribution is 7.90. The van der Waals surface area contributed by atoms with Crippen molar-refractivity contribution in [1.82, 2.24) is 9.62 Å². The van der Waals surface area contributed by atoms with Gasteiger partial charge in [0.1, 0.15) is 17.2 Å². The lowest BCUT2D eigenvalue weighted by molar-refractivity contribution is 0.0483. The maximum atomic E-state index is 14.5. The number of hydrogen-bond donors (Lipinski definition) is 1. The van der Waals surface area contributed by atoms with E-state index in [0.717, 1.165) is 24.5 Å². The van der Waals surface area contributed by atoms with Crippen LogP contribution in [0, 0.1) is 23.4 Å². The van der Waals surface area contributed by atoms with E-state index in [9.17, 15) is 22.5 Å². The molecule has 2 bridgehead atoms. The minimum atomic E-state index is -1.45. The largest absolute Gasteiger partial charge is 0.598 e. The smallest absolute Gasteiger partial charge is 0.410 e. The summed E-state index contributed by atoms with van der Waals surface area (Å²) in [5, 5.41) is 0. The number of benzene rings is 2. The Balaban J connectivity index is 1.48. The fourth-order valence-corrected chi connectivity index (χ4v) is 6.12. The molecule has 196 valence electrons. The molecule has 0 saturated carbocycles. The highest BCUT2D eigenvalue weighted by Gasteiger charge is 2.47. The summed E-state index contributed by atoms with van der Waals surface area (Å²) in [4.78, 5) is 14.8. The number of nitrogens with one attached hydrogen (secondary N) is 1. The molecule has 4 atom stereocenters. The van der Waals surface area contributed by atoms with Gasteiger partial charge >= 0.3 is 6.09 Å². The number of nitrogens with zero attached hydrogens (tertiary/aromatic N) is 1. The minimum Gasteiger partial charge on any atom is -0.598 e. The molecule has 2 aliphatic rings. The fourth-order valence-electron chi connectivity index (χ4n) is 5.22. The van der Waals surface area contributed by atoms with Crippen molar-refractivity contribution in [3.05, 3.63) is 71.0 Å². The van der Waals surface area contributed by atoms with Gasteiger partial charge in [0.2, 0.25) is 0 Å². The molecule has 36 heavy (non-hydrogen) atoms. The van der Waals surface area contributed by atoms with Crippen molar-refractivity contribution in [2.75, 3.05) is 0 Å². The van der Waals surface area contributed by atoms with E-state index in [1.165, 1.54) is 0 Å². The molecule has 5 nitrogen and oxygen atoms in total. The van der Waals surface area contributed by atoms with Gasteiger partial charge in [-0.1, -0.05) is 30.3 Å². The third-order valence-electron chi connectivity index (χ3n) is 7.10. The first-order valence-corrected chi connectivity index (χ1v) is 13.5. The van der Waals surface area contributed by atoms with Crippen LogP contribution >= 0.6 is 0 Å². The Morgan fingerprint density at radius 2 is 1.69 bits per heavy atom. The van der Waals surface area contributed by atoms with Gasteiger partial charge in [0.15, 0.2) is 11.6 Å². The van der Waals surface area contributed by atoms with Crippen LogP contribution in [0.4, 0.5) is 18.0 Å². The van der Waals surface area contributed by atoms with Gasteiger partial charge in [-0.25, -0.2) is 18.0 Å². The van der Waals surface area contributed by atoms with Crippen LogP contribution < -0.4 is 4.72 Å². The van der Waals surface area contributed by atoms with Gasteiger partial charge in [-0.2, -0.15) is 0 Å². The Morgan fingerprint density at radius 1 is 1.08 bits per heavy atom. The Hall–Kier alpha value is -2.23. The molecule has 1 N–H and O–H groups in total. The van der Waals surface area contributed by atoms with Gasteiger partial charge < -0.3 is 14.2 Å². The molecule has 1 amide bonds. The van der Waals surface area contributed by atoms with Gasteiger partial charge in [-0.3, -0.25) is 0 Å². The van der Waals surface area contributed by atoms with E-state index in [0.29, 0.717) is 18.9 Å². The zero-order valence-electron chi connectivity index (χ0n) is 20.8. The lowest BCUT2D eigenvalue weighted by Gasteiger charge is -2.41. The average Bonchev–Trinajstić information content (AvgIpc) is 3.09. The molecule has 4 rings (SSSR count). The number of ether oxygens (including phenoxy) is 1. The second kappa shape index (κ2) is 11.0. The zero-order valence-corrected chi connectivity index (χ0v) is 21.6. The van der Waals surface area contributed by atoms with Gasteiger partial charge in [0.25, 0.3) is 0 Å². The maximum absolute atomic E-state index is 14.5. The summed E-state index contributed by atoms with van der Waals surface area (Å²) >= 11 is -1.45. The van der Waals surface area contributed by atoms with Gasteiger partial charge in [0.05, 0.1) is 6.04 Å². The number of amides is 1. The lowest BCUT2D eigenvalue weighted by Crippen LogP contribution is -2.54. The quantitative estimate of drug-likeness (QED) is 0.377. The zero-order chi connectivity index (χ0) is 26.0. The highest BCUT2D eigenvalue weighted by atomic mass is 32.2. The predicted molar refractivity (Wildman–Crippen MR) is 133 cm³/mol. The van der Waals surface area contributed by atoms with Gasteiger partial charge in [-0.05, 0) is 76.0 Å². The van der Waals surface area contributed by atoms with Crippen molar-refractivity contribution in [3.63, 3.8) is 0 Å². The normalized spacial score (nSPS) is 23.4. The molecule has 2 unspecified atom stereocenters. The van der Waals surface area contributed by atoms with Crippen molar-refractivity contribution in [2.45, 2.75) is 82.4 Å². The average molecular weight is 523 g/mol. The third kappa shape index (κ3) is 6.18. The van der Waals surface area contributed by atoms with Gasteiger partial charge in [-0.15, -0.1) is 4.72 Å². The Kier molecular flexibility index (Phi) is 8.22. The first-order valence-electron chi connectivity index (χ1n) is 12.3. The summed E-state index contributed by atoms with van der Waals surface area (Å²) in [6.07, 6.45) is 2.63. The lowest BCUT2D eigenvalue weighted by atomic mass is 9.83. The molecule has 9 heteroatoms. The van der Waals surface area contributed by atoms with Gasteiger partial charge in [0, 0.05) is 29.5 Å². The van der Waals surface area contributed by atoms with Crippen LogP contribution in [0.5, 0.6) is 0 Å². The van der Waals surface area contributed by atoms with Crippen LogP contribution in [0.3, 0.4) is 0 Å². The van der Waals surface area contributed by atoms with E-state index in [1.54, 1.807) is 0 Å². The summed E-state index contributed by atoms with van der Waals surface area (Å²) in [5.41, 5.74) is 0.949. The Morgan fingerprint density at radius 3 is 2.31 bits per heavy atom. The van der Waals surface area contributed by atoms with Crippen LogP contribution in [0.25, 0.3) is 0 Å².